The summed E-state index contributed by atoms with van der Waals surface area (Å²) in [5.41, 5.74) is 2.72. The van der Waals surface area contributed by atoms with Gasteiger partial charge in [-0.3, -0.25) is 9.69 Å². The normalized spacial score (nSPS) is 15.3. The molecule has 2 N–H and O–H groups in total. The number of amides is 1. The lowest BCUT2D eigenvalue weighted by Crippen LogP contribution is -2.44. The van der Waals surface area contributed by atoms with Crippen LogP contribution < -0.4 is 10.6 Å². The Kier molecular flexibility index (Phi) is 6.37. The predicted molar refractivity (Wildman–Crippen MR) is 103 cm³/mol. The first-order chi connectivity index (χ1) is 12.7. The zero-order valence-electron chi connectivity index (χ0n) is 14.8. The zero-order valence-corrected chi connectivity index (χ0v) is 14.8. The van der Waals surface area contributed by atoms with Gasteiger partial charge in [0.15, 0.2) is 0 Å². The summed E-state index contributed by atoms with van der Waals surface area (Å²) in [6, 6.07) is 19.9. The van der Waals surface area contributed by atoms with E-state index in [2.05, 4.69) is 21.6 Å². The molecule has 1 saturated heterocycles. The van der Waals surface area contributed by atoms with Gasteiger partial charge in [-0.1, -0.05) is 30.3 Å². The summed E-state index contributed by atoms with van der Waals surface area (Å²) in [6.45, 7) is 3.10. The number of para-hydroxylation sites is 1. The maximum absolute atomic E-state index is 12.1. The number of hydrogen-bond donors (Lipinski definition) is 2. The Bertz CT molecular complexity index is 744. The fraction of sp³-hybridized carbons (Fsp3) is 0.333. The monoisotopic (exact) mass is 348 g/mol. The Morgan fingerprint density at radius 2 is 1.77 bits per heavy atom. The van der Waals surface area contributed by atoms with E-state index in [0.717, 1.165) is 38.2 Å². The summed E-state index contributed by atoms with van der Waals surface area (Å²) in [6.07, 6.45) is 2.07. The molecule has 134 valence electrons. The molecule has 0 aromatic heterocycles. The number of rotatable bonds is 6. The van der Waals surface area contributed by atoms with E-state index in [9.17, 15) is 4.79 Å². The standard InChI is InChI=1S/C21H24N4O/c22-14-17-6-8-18(9-7-17)15-23-19-10-12-25(13-11-19)16-21(26)24-20-4-2-1-3-5-20/h1-9,19,23H,10-13,15-16H2,(H,24,26). The van der Waals surface area contributed by atoms with E-state index in [-0.39, 0.29) is 5.91 Å². The van der Waals surface area contributed by atoms with Crippen LogP contribution in [-0.4, -0.2) is 36.5 Å². The molecule has 1 aliphatic heterocycles. The molecule has 1 amide bonds. The summed E-state index contributed by atoms with van der Waals surface area (Å²) in [4.78, 5) is 14.3. The molecule has 0 unspecified atom stereocenters. The van der Waals surface area contributed by atoms with E-state index in [4.69, 9.17) is 5.26 Å². The maximum atomic E-state index is 12.1. The van der Waals surface area contributed by atoms with Gasteiger partial charge in [-0.25, -0.2) is 0 Å². The quantitative estimate of drug-likeness (QED) is 0.842. The molecule has 5 nitrogen and oxygen atoms in total. The molecule has 1 heterocycles. The summed E-state index contributed by atoms with van der Waals surface area (Å²) >= 11 is 0. The molecule has 0 saturated carbocycles. The first-order valence-corrected chi connectivity index (χ1v) is 9.02. The minimum absolute atomic E-state index is 0.0418. The highest BCUT2D eigenvalue weighted by atomic mass is 16.2. The molecule has 0 spiro atoms. The van der Waals surface area contributed by atoms with Crippen molar-refractivity contribution in [3.63, 3.8) is 0 Å². The van der Waals surface area contributed by atoms with Gasteiger partial charge in [0.1, 0.15) is 0 Å². The molecule has 0 atom stereocenters. The molecular formula is C21H24N4O. The number of nitrogens with zero attached hydrogens (tertiary/aromatic N) is 2. The van der Waals surface area contributed by atoms with Gasteiger partial charge in [-0.05, 0) is 42.7 Å². The minimum atomic E-state index is 0.0418. The number of anilines is 1. The fourth-order valence-corrected chi connectivity index (χ4v) is 3.18. The van der Waals surface area contributed by atoms with E-state index >= 15 is 0 Å². The molecule has 1 fully saturated rings. The molecule has 0 aliphatic carbocycles. The molecule has 0 radical (unpaired) electrons. The van der Waals surface area contributed by atoms with Crippen molar-refractivity contribution in [1.82, 2.24) is 10.2 Å². The Morgan fingerprint density at radius 3 is 2.42 bits per heavy atom. The Hall–Kier alpha value is -2.68. The summed E-state index contributed by atoms with van der Waals surface area (Å²) < 4.78 is 0. The highest BCUT2D eigenvalue weighted by molar-refractivity contribution is 5.92. The Morgan fingerprint density at radius 1 is 1.08 bits per heavy atom. The molecule has 26 heavy (non-hydrogen) atoms. The molecule has 1 aliphatic rings. The largest absolute Gasteiger partial charge is 0.325 e. The predicted octanol–water partition coefficient (Wildman–Crippen LogP) is 2.75. The van der Waals surface area contributed by atoms with E-state index < -0.39 is 0 Å². The molecule has 2 aromatic rings. The molecule has 5 heteroatoms. The highest BCUT2D eigenvalue weighted by Gasteiger charge is 2.20. The van der Waals surface area contributed by atoms with Crippen molar-refractivity contribution < 1.29 is 4.79 Å². The first-order valence-electron chi connectivity index (χ1n) is 9.02. The van der Waals surface area contributed by atoms with Gasteiger partial charge in [0, 0.05) is 31.4 Å². The Balaban J connectivity index is 1.37. The number of piperidine rings is 1. The van der Waals surface area contributed by atoms with Crippen molar-refractivity contribution in [2.24, 2.45) is 0 Å². The van der Waals surface area contributed by atoms with Crippen LogP contribution in [-0.2, 0) is 11.3 Å². The second kappa shape index (κ2) is 9.14. The lowest BCUT2D eigenvalue weighted by molar-refractivity contribution is -0.117. The van der Waals surface area contributed by atoms with Crippen LogP contribution in [0.1, 0.15) is 24.0 Å². The van der Waals surface area contributed by atoms with Crippen molar-refractivity contribution in [2.45, 2.75) is 25.4 Å². The van der Waals surface area contributed by atoms with Crippen LogP contribution in [0.3, 0.4) is 0 Å². The van der Waals surface area contributed by atoms with Gasteiger partial charge < -0.3 is 10.6 Å². The second-order valence-electron chi connectivity index (χ2n) is 6.65. The second-order valence-corrected chi connectivity index (χ2v) is 6.65. The van der Waals surface area contributed by atoms with Crippen LogP contribution >= 0.6 is 0 Å². The van der Waals surface area contributed by atoms with E-state index in [1.54, 1.807) is 0 Å². The number of benzene rings is 2. The highest BCUT2D eigenvalue weighted by Crippen LogP contribution is 2.12. The Labute approximate surface area is 154 Å². The third-order valence-electron chi connectivity index (χ3n) is 4.69. The number of nitriles is 1. The van der Waals surface area contributed by atoms with E-state index in [0.29, 0.717) is 18.2 Å². The van der Waals surface area contributed by atoms with Crippen molar-refractivity contribution in [1.29, 1.82) is 5.26 Å². The number of carbonyl (C=O) groups is 1. The first kappa shape index (κ1) is 18.1. The van der Waals surface area contributed by atoms with E-state index in [1.807, 2.05) is 54.6 Å². The fourth-order valence-electron chi connectivity index (χ4n) is 3.18. The minimum Gasteiger partial charge on any atom is -0.325 e. The third kappa shape index (κ3) is 5.41. The average molecular weight is 348 g/mol. The van der Waals surface area contributed by atoms with Crippen molar-refractivity contribution in [3.05, 3.63) is 65.7 Å². The van der Waals surface area contributed by atoms with Crippen LogP contribution in [0.15, 0.2) is 54.6 Å². The summed E-state index contributed by atoms with van der Waals surface area (Å²) in [5, 5.41) is 15.3. The average Bonchev–Trinajstić information content (AvgIpc) is 2.68. The van der Waals surface area contributed by atoms with Crippen LogP contribution in [0, 0.1) is 11.3 Å². The molecule has 0 bridgehead atoms. The van der Waals surface area contributed by atoms with Crippen LogP contribution in [0.25, 0.3) is 0 Å². The van der Waals surface area contributed by atoms with Crippen LogP contribution in [0.5, 0.6) is 0 Å². The summed E-state index contributed by atoms with van der Waals surface area (Å²) in [7, 11) is 0. The van der Waals surface area contributed by atoms with Gasteiger partial charge in [0.05, 0.1) is 18.2 Å². The number of hydrogen-bond acceptors (Lipinski definition) is 4. The summed E-state index contributed by atoms with van der Waals surface area (Å²) in [5.74, 6) is 0.0418. The molecule has 3 rings (SSSR count). The maximum Gasteiger partial charge on any atom is 0.238 e. The smallest absolute Gasteiger partial charge is 0.238 e. The molecule has 2 aromatic carbocycles. The number of carbonyl (C=O) groups excluding carboxylic acids is 1. The number of nitrogens with one attached hydrogen (secondary N) is 2. The van der Waals surface area contributed by atoms with Crippen LogP contribution in [0.2, 0.25) is 0 Å². The van der Waals surface area contributed by atoms with Gasteiger partial charge in [0.2, 0.25) is 5.91 Å². The molecular weight excluding hydrogens is 324 g/mol. The lowest BCUT2D eigenvalue weighted by atomic mass is 10.0. The van der Waals surface area contributed by atoms with Crippen molar-refractivity contribution in [2.75, 3.05) is 25.0 Å². The van der Waals surface area contributed by atoms with Gasteiger partial charge in [-0.15, -0.1) is 0 Å². The third-order valence-corrected chi connectivity index (χ3v) is 4.69. The van der Waals surface area contributed by atoms with Gasteiger partial charge in [-0.2, -0.15) is 5.26 Å². The topological polar surface area (TPSA) is 68.2 Å². The van der Waals surface area contributed by atoms with Crippen molar-refractivity contribution >= 4 is 11.6 Å². The lowest BCUT2D eigenvalue weighted by Gasteiger charge is -2.32. The zero-order chi connectivity index (χ0) is 18.2. The number of likely N-dealkylation sites (tertiary alicyclic amines) is 1. The van der Waals surface area contributed by atoms with Crippen molar-refractivity contribution in [3.8, 4) is 6.07 Å². The van der Waals surface area contributed by atoms with Gasteiger partial charge in [0.25, 0.3) is 0 Å². The van der Waals surface area contributed by atoms with E-state index in [1.165, 1.54) is 5.56 Å². The van der Waals surface area contributed by atoms with Crippen LogP contribution in [0.4, 0.5) is 5.69 Å². The van der Waals surface area contributed by atoms with Gasteiger partial charge >= 0.3 is 0 Å². The SMILES string of the molecule is N#Cc1ccc(CNC2CCN(CC(=O)Nc3ccccc3)CC2)cc1.